The van der Waals surface area contributed by atoms with E-state index in [0.717, 1.165) is 5.89 Å². The first kappa shape index (κ1) is 9.95. The standard InChI is InChI=1S/C8H13IN2O/c1-5(8(2,3)4)6-10-7(9)11-12-6/h5H,1-4H3. The molecule has 0 saturated carbocycles. The average Bonchev–Trinajstić information content (AvgIpc) is 2.32. The molecule has 0 bridgehead atoms. The third kappa shape index (κ3) is 2.18. The summed E-state index contributed by atoms with van der Waals surface area (Å²) in [6.07, 6.45) is 0. The first-order valence-electron chi connectivity index (χ1n) is 3.90. The number of halogens is 1. The summed E-state index contributed by atoms with van der Waals surface area (Å²) in [5.74, 6) is 1.03. The van der Waals surface area contributed by atoms with E-state index in [1.165, 1.54) is 0 Å². The SMILES string of the molecule is CC(c1nc(I)no1)C(C)(C)C. The second-order valence-electron chi connectivity index (χ2n) is 3.99. The van der Waals surface area contributed by atoms with E-state index < -0.39 is 0 Å². The molecule has 0 spiro atoms. The van der Waals surface area contributed by atoms with Gasteiger partial charge >= 0.3 is 0 Å². The summed E-state index contributed by atoms with van der Waals surface area (Å²) in [6.45, 7) is 8.59. The van der Waals surface area contributed by atoms with Gasteiger partial charge in [0.15, 0.2) is 0 Å². The molecule has 1 heterocycles. The zero-order chi connectivity index (χ0) is 9.35. The molecule has 0 amide bonds. The van der Waals surface area contributed by atoms with Crippen LogP contribution in [0.15, 0.2) is 4.52 Å². The van der Waals surface area contributed by atoms with Gasteiger partial charge < -0.3 is 4.52 Å². The van der Waals surface area contributed by atoms with Gasteiger partial charge in [0.25, 0.3) is 0 Å². The van der Waals surface area contributed by atoms with Crippen LogP contribution in [0.2, 0.25) is 0 Å². The maximum absolute atomic E-state index is 5.08. The molecule has 1 rings (SSSR count). The Morgan fingerprint density at radius 1 is 1.42 bits per heavy atom. The van der Waals surface area contributed by atoms with Crippen LogP contribution >= 0.6 is 22.6 Å². The lowest BCUT2D eigenvalue weighted by molar-refractivity contribution is 0.262. The first-order chi connectivity index (χ1) is 5.41. The Kier molecular flexibility index (Phi) is 2.75. The van der Waals surface area contributed by atoms with Crippen molar-refractivity contribution < 1.29 is 4.52 Å². The van der Waals surface area contributed by atoms with Gasteiger partial charge in [0, 0.05) is 28.5 Å². The number of hydrogen-bond donors (Lipinski definition) is 0. The summed E-state index contributed by atoms with van der Waals surface area (Å²) >= 11 is 2.05. The minimum Gasteiger partial charge on any atom is -0.338 e. The fourth-order valence-corrected chi connectivity index (χ4v) is 1.10. The zero-order valence-corrected chi connectivity index (χ0v) is 9.92. The topological polar surface area (TPSA) is 38.9 Å². The predicted octanol–water partition coefficient (Wildman–Crippen LogP) is 2.82. The molecule has 4 heteroatoms. The number of hydrogen-bond acceptors (Lipinski definition) is 3. The lowest BCUT2D eigenvalue weighted by Gasteiger charge is -2.23. The van der Waals surface area contributed by atoms with E-state index in [1.54, 1.807) is 0 Å². The van der Waals surface area contributed by atoms with Gasteiger partial charge in [-0.15, -0.1) is 0 Å². The van der Waals surface area contributed by atoms with E-state index in [-0.39, 0.29) is 5.41 Å². The molecule has 0 aliphatic heterocycles. The molecule has 0 aromatic carbocycles. The lowest BCUT2D eigenvalue weighted by Crippen LogP contribution is -2.15. The van der Waals surface area contributed by atoms with Crippen molar-refractivity contribution >= 4 is 22.6 Å². The summed E-state index contributed by atoms with van der Waals surface area (Å²) in [4.78, 5) is 4.19. The molecule has 68 valence electrons. The van der Waals surface area contributed by atoms with E-state index >= 15 is 0 Å². The number of aromatic nitrogens is 2. The number of nitrogens with zero attached hydrogens (tertiary/aromatic N) is 2. The zero-order valence-electron chi connectivity index (χ0n) is 7.76. The third-order valence-corrected chi connectivity index (χ3v) is 2.52. The fourth-order valence-electron chi connectivity index (χ4n) is 0.762. The Bertz CT molecular complexity index is 264. The normalized spacial score (nSPS) is 14.8. The van der Waals surface area contributed by atoms with Crippen LogP contribution in [0, 0.1) is 9.25 Å². The van der Waals surface area contributed by atoms with Crippen LogP contribution < -0.4 is 0 Å². The summed E-state index contributed by atoms with van der Waals surface area (Å²) < 4.78 is 5.76. The van der Waals surface area contributed by atoms with Gasteiger partial charge in [-0.05, 0) is 5.41 Å². The Balaban J connectivity index is 2.85. The van der Waals surface area contributed by atoms with E-state index in [1.807, 2.05) is 22.6 Å². The highest BCUT2D eigenvalue weighted by molar-refractivity contribution is 14.1. The number of rotatable bonds is 1. The van der Waals surface area contributed by atoms with Crippen molar-refractivity contribution in [2.24, 2.45) is 5.41 Å². The Labute approximate surface area is 86.1 Å². The molecular weight excluding hydrogens is 267 g/mol. The highest BCUT2D eigenvalue weighted by Crippen LogP contribution is 2.33. The minimum atomic E-state index is 0.176. The molecule has 1 unspecified atom stereocenters. The van der Waals surface area contributed by atoms with Gasteiger partial charge in [-0.25, -0.2) is 0 Å². The molecule has 0 aliphatic rings. The molecule has 0 fully saturated rings. The monoisotopic (exact) mass is 280 g/mol. The average molecular weight is 280 g/mol. The van der Waals surface area contributed by atoms with Crippen LogP contribution in [0.3, 0.4) is 0 Å². The summed E-state index contributed by atoms with van der Waals surface area (Å²) in [5, 5.41) is 3.75. The summed E-state index contributed by atoms with van der Waals surface area (Å²) in [7, 11) is 0. The lowest BCUT2D eigenvalue weighted by atomic mass is 9.82. The first-order valence-corrected chi connectivity index (χ1v) is 4.98. The second kappa shape index (κ2) is 3.32. The van der Waals surface area contributed by atoms with E-state index in [0.29, 0.717) is 9.75 Å². The van der Waals surface area contributed by atoms with Gasteiger partial charge in [0.1, 0.15) is 0 Å². The Morgan fingerprint density at radius 2 is 2.00 bits per heavy atom. The van der Waals surface area contributed by atoms with Gasteiger partial charge in [0.05, 0.1) is 0 Å². The summed E-state index contributed by atoms with van der Waals surface area (Å²) in [6, 6.07) is 0. The van der Waals surface area contributed by atoms with Crippen LogP contribution in [0.25, 0.3) is 0 Å². The molecule has 0 saturated heterocycles. The van der Waals surface area contributed by atoms with Crippen molar-refractivity contribution in [3.05, 3.63) is 9.72 Å². The van der Waals surface area contributed by atoms with Gasteiger partial charge in [0.2, 0.25) is 9.72 Å². The molecule has 1 aromatic heterocycles. The van der Waals surface area contributed by atoms with E-state index in [9.17, 15) is 0 Å². The quantitative estimate of drug-likeness (QED) is 0.742. The van der Waals surface area contributed by atoms with Crippen LogP contribution in [-0.4, -0.2) is 10.1 Å². The molecule has 1 aromatic rings. The molecule has 0 N–H and O–H groups in total. The van der Waals surface area contributed by atoms with E-state index in [4.69, 9.17) is 4.52 Å². The van der Waals surface area contributed by atoms with Crippen molar-refractivity contribution in [1.29, 1.82) is 0 Å². The molecule has 0 radical (unpaired) electrons. The van der Waals surface area contributed by atoms with Crippen molar-refractivity contribution in [1.82, 2.24) is 10.1 Å². The Morgan fingerprint density at radius 3 is 2.33 bits per heavy atom. The van der Waals surface area contributed by atoms with Crippen molar-refractivity contribution in [2.75, 3.05) is 0 Å². The second-order valence-corrected chi connectivity index (χ2v) is 4.95. The maximum Gasteiger partial charge on any atom is 0.232 e. The van der Waals surface area contributed by atoms with Gasteiger partial charge in [-0.3, -0.25) is 0 Å². The molecule has 0 aliphatic carbocycles. The largest absolute Gasteiger partial charge is 0.338 e. The van der Waals surface area contributed by atoms with Crippen LogP contribution in [-0.2, 0) is 0 Å². The van der Waals surface area contributed by atoms with Crippen molar-refractivity contribution in [2.45, 2.75) is 33.6 Å². The molecule has 12 heavy (non-hydrogen) atoms. The smallest absolute Gasteiger partial charge is 0.232 e. The third-order valence-electron chi connectivity index (χ3n) is 2.09. The van der Waals surface area contributed by atoms with Crippen LogP contribution in [0.1, 0.15) is 39.5 Å². The maximum atomic E-state index is 5.08. The van der Waals surface area contributed by atoms with Crippen molar-refractivity contribution in [3.63, 3.8) is 0 Å². The summed E-state index contributed by atoms with van der Waals surface area (Å²) in [5.41, 5.74) is 0.176. The highest BCUT2D eigenvalue weighted by Gasteiger charge is 2.26. The van der Waals surface area contributed by atoms with Gasteiger partial charge in [-0.2, -0.15) is 4.98 Å². The molecule has 1 atom stereocenters. The fraction of sp³-hybridized carbons (Fsp3) is 0.750. The van der Waals surface area contributed by atoms with E-state index in [2.05, 4.69) is 37.8 Å². The minimum absolute atomic E-state index is 0.176. The Hall–Kier alpha value is -0.130. The predicted molar refractivity (Wildman–Crippen MR) is 54.9 cm³/mol. The molecular formula is C8H13IN2O. The van der Waals surface area contributed by atoms with Crippen LogP contribution in [0.5, 0.6) is 0 Å². The van der Waals surface area contributed by atoms with Gasteiger partial charge in [-0.1, -0.05) is 32.9 Å². The molecule has 3 nitrogen and oxygen atoms in total. The van der Waals surface area contributed by atoms with Crippen LogP contribution in [0.4, 0.5) is 0 Å². The van der Waals surface area contributed by atoms with Crippen molar-refractivity contribution in [3.8, 4) is 0 Å². The highest BCUT2D eigenvalue weighted by atomic mass is 127.